The Balaban J connectivity index is 3.87. The van der Waals surface area contributed by atoms with E-state index >= 15 is 0 Å². The van der Waals surface area contributed by atoms with E-state index in [4.69, 9.17) is 9.47 Å². The zero-order chi connectivity index (χ0) is 16.6. The molecule has 22 heavy (non-hydrogen) atoms. The molecule has 0 rings (SSSR count). The molecule has 0 fully saturated rings. The molecule has 4 heteroatoms. The standard InChI is InChI=1S/C18H36O3S/c1-4-6-7-8-9-10-11-13-17(14-12-15-18(19)22)21-16(3)20-5-2/h16-17H,4-15H2,1-3H3,(H,19,22). The van der Waals surface area contributed by atoms with Crippen molar-refractivity contribution in [2.24, 2.45) is 0 Å². The molecule has 0 aromatic rings. The highest BCUT2D eigenvalue weighted by Crippen LogP contribution is 2.17. The highest BCUT2D eigenvalue weighted by atomic mass is 32.1. The number of unbranched alkanes of at least 4 members (excludes halogenated alkanes) is 6. The number of hydrogen-bond donors (Lipinski definition) is 1. The molecule has 0 aromatic carbocycles. The van der Waals surface area contributed by atoms with Gasteiger partial charge in [0.1, 0.15) is 0 Å². The van der Waals surface area contributed by atoms with Crippen LogP contribution >= 0.6 is 12.6 Å². The lowest BCUT2D eigenvalue weighted by molar-refractivity contribution is -0.160. The van der Waals surface area contributed by atoms with Crippen LogP contribution in [-0.4, -0.2) is 24.1 Å². The monoisotopic (exact) mass is 332 g/mol. The molecule has 0 radical (unpaired) electrons. The van der Waals surface area contributed by atoms with Crippen LogP contribution in [0.3, 0.4) is 0 Å². The van der Waals surface area contributed by atoms with E-state index in [2.05, 4.69) is 19.6 Å². The van der Waals surface area contributed by atoms with E-state index in [0.717, 1.165) is 19.3 Å². The van der Waals surface area contributed by atoms with E-state index in [1.807, 2.05) is 13.8 Å². The van der Waals surface area contributed by atoms with Crippen molar-refractivity contribution >= 4 is 17.7 Å². The lowest BCUT2D eigenvalue weighted by atomic mass is 10.0. The lowest BCUT2D eigenvalue weighted by Gasteiger charge is -2.22. The summed E-state index contributed by atoms with van der Waals surface area (Å²) < 4.78 is 11.4. The molecule has 0 saturated heterocycles. The van der Waals surface area contributed by atoms with E-state index in [1.165, 1.54) is 44.9 Å². The Morgan fingerprint density at radius 3 is 2.14 bits per heavy atom. The van der Waals surface area contributed by atoms with E-state index in [0.29, 0.717) is 13.0 Å². The number of thiol groups is 1. The maximum absolute atomic E-state index is 10.9. The number of carbonyl (C=O) groups excluding carboxylic acids is 1. The maximum Gasteiger partial charge on any atom is 0.185 e. The Morgan fingerprint density at radius 1 is 0.955 bits per heavy atom. The van der Waals surface area contributed by atoms with Gasteiger partial charge in [0.2, 0.25) is 0 Å². The van der Waals surface area contributed by atoms with Gasteiger partial charge in [-0.25, -0.2) is 0 Å². The van der Waals surface area contributed by atoms with Crippen LogP contribution in [0.2, 0.25) is 0 Å². The second-order valence-corrected chi connectivity index (χ2v) is 6.48. The molecule has 0 amide bonds. The summed E-state index contributed by atoms with van der Waals surface area (Å²) in [5, 5.41) is -0.0347. The van der Waals surface area contributed by atoms with Crippen LogP contribution in [0.1, 0.15) is 91.4 Å². The topological polar surface area (TPSA) is 35.5 Å². The van der Waals surface area contributed by atoms with Crippen molar-refractivity contribution < 1.29 is 14.3 Å². The van der Waals surface area contributed by atoms with E-state index in [1.54, 1.807) is 0 Å². The molecule has 0 aliphatic rings. The number of hydrogen-bond acceptors (Lipinski definition) is 3. The fourth-order valence-electron chi connectivity index (χ4n) is 2.64. The normalized spacial score (nSPS) is 14.0. The summed E-state index contributed by atoms with van der Waals surface area (Å²) in [5.41, 5.74) is 0. The van der Waals surface area contributed by atoms with Crippen molar-refractivity contribution in [2.75, 3.05) is 6.61 Å². The number of rotatable bonds is 16. The van der Waals surface area contributed by atoms with Crippen molar-refractivity contribution in [1.82, 2.24) is 0 Å². The first kappa shape index (κ1) is 21.9. The third kappa shape index (κ3) is 14.9. The molecular weight excluding hydrogens is 296 g/mol. The third-order valence-electron chi connectivity index (χ3n) is 3.83. The van der Waals surface area contributed by atoms with Gasteiger partial charge in [0.05, 0.1) is 6.10 Å². The molecule has 0 N–H and O–H groups in total. The average Bonchev–Trinajstić information content (AvgIpc) is 2.45. The van der Waals surface area contributed by atoms with Gasteiger partial charge in [0, 0.05) is 13.0 Å². The van der Waals surface area contributed by atoms with Crippen LogP contribution in [0.25, 0.3) is 0 Å². The zero-order valence-corrected chi connectivity index (χ0v) is 15.7. The summed E-state index contributed by atoms with van der Waals surface area (Å²) in [6.45, 7) is 6.84. The predicted octanol–water partition coefficient (Wildman–Crippen LogP) is 5.52. The Labute approximate surface area is 142 Å². The highest BCUT2D eigenvalue weighted by molar-refractivity contribution is 7.96. The van der Waals surface area contributed by atoms with Gasteiger partial charge in [-0.3, -0.25) is 4.79 Å². The number of carbonyl (C=O) groups is 1. The van der Waals surface area contributed by atoms with Gasteiger partial charge in [0.25, 0.3) is 0 Å². The summed E-state index contributed by atoms with van der Waals surface area (Å²) >= 11 is 3.83. The predicted molar refractivity (Wildman–Crippen MR) is 96.4 cm³/mol. The Kier molecular flexibility index (Phi) is 15.8. The van der Waals surface area contributed by atoms with Gasteiger partial charge >= 0.3 is 0 Å². The van der Waals surface area contributed by atoms with Crippen LogP contribution in [-0.2, 0) is 14.3 Å². The SMILES string of the molecule is CCCCCCCCCC(CCCC(=O)S)OC(C)OCC. The van der Waals surface area contributed by atoms with Crippen LogP contribution in [0.5, 0.6) is 0 Å². The molecule has 3 nitrogen and oxygen atoms in total. The number of ether oxygens (including phenoxy) is 2. The molecule has 2 unspecified atom stereocenters. The van der Waals surface area contributed by atoms with Crippen molar-refractivity contribution in [3.05, 3.63) is 0 Å². The summed E-state index contributed by atoms with van der Waals surface area (Å²) in [6, 6.07) is 0. The first-order valence-electron chi connectivity index (χ1n) is 9.09. The van der Waals surface area contributed by atoms with Crippen molar-refractivity contribution in [1.29, 1.82) is 0 Å². The Bertz CT molecular complexity index is 259. The fourth-order valence-corrected chi connectivity index (χ4v) is 2.79. The van der Waals surface area contributed by atoms with E-state index < -0.39 is 0 Å². The van der Waals surface area contributed by atoms with Gasteiger partial charge in [-0.1, -0.05) is 51.9 Å². The van der Waals surface area contributed by atoms with Gasteiger partial charge in [-0.05, 0) is 33.1 Å². The minimum Gasteiger partial charge on any atom is -0.353 e. The van der Waals surface area contributed by atoms with Crippen molar-refractivity contribution in [3.63, 3.8) is 0 Å². The third-order valence-corrected chi connectivity index (χ3v) is 4.06. The fraction of sp³-hybridized carbons (Fsp3) is 0.944. The van der Waals surface area contributed by atoms with Gasteiger partial charge < -0.3 is 9.47 Å². The van der Waals surface area contributed by atoms with Crippen LogP contribution < -0.4 is 0 Å². The largest absolute Gasteiger partial charge is 0.353 e. The maximum atomic E-state index is 10.9. The molecule has 0 spiro atoms. The quantitative estimate of drug-likeness (QED) is 0.229. The summed E-state index contributed by atoms with van der Waals surface area (Å²) in [4.78, 5) is 10.9. The van der Waals surface area contributed by atoms with Crippen molar-refractivity contribution in [3.8, 4) is 0 Å². The van der Waals surface area contributed by atoms with Crippen LogP contribution in [0.15, 0.2) is 0 Å². The zero-order valence-electron chi connectivity index (χ0n) is 14.8. The van der Waals surface area contributed by atoms with E-state index in [-0.39, 0.29) is 17.5 Å². The van der Waals surface area contributed by atoms with Gasteiger partial charge in [0.15, 0.2) is 11.4 Å². The minimum absolute atomic E-state index is 0.0347. The first-order valence-corrected chi connectivity index (χ1v) is 9.53. The van der Waals surface area contributed by atoms with Gasteiger partial charge in [-0.2, -0.15) is 0 Å². The summed E-state index contributed by atoms with van der Waals surface area (Å²) in [7, 11) is 0. The first-order chi connectivity index (χ1) is 10.6. The molecule has 0 aliphatic heterocycles. The molecule has 2 atom stereocenters. The van der Waals surface area contributed by atoms with Crippen LogP contribution in [0.4, 0.5) is 0 Å². The second-order valence-electron chi connectivity index (χ2n) is 5.98. The molecule has 132 valence electrons. The molecule has 0 heterocycles. The van der Waals surface area contributed by atoms with Gasteiger partial charge in [-0.15, -0.1) is 12.6 Å². The average molecular weight is 333 g/mol. The second kappa shape index (κ2) is 15.8. The summed E-state index contributed by atoms with van der Waals surface area (Å²) in [5.74, 6) is 0. The molecule has 0 aromatic heterocycles. The molecule has 0 bridgehead atoms. The van der Waals surface area contributed by atoms with E-state index in [9.17, 15) is 4.79 Å². The van der Waals surface area contributed by atoms with Crippen LogP contribution in [0, 0.1) is 0 Å². The summed E-state index contributed by atoms with van der Waals surface area (Å²) in [6.07, 6.45) is 12.6. The highest BCUT2D eigenvalue weighted by Gasteiger charge is 2.13. The molecule has 0 aliphatic carbocycles. The minimum atomic E-state index is -0.161. The molecule has 0 saturated carbocycles. The smallest absolute Gasteiger partial charge is 0.185 e. The lowest BCUT2D eigenvalue weighted by Crippen LogP contribution is -2.22. The Hall–Kier alpha value is -0.0600. The Morgan fingerprint density at radius 2 is 1.55 bits per heavy atom. The van der Waals surface area contributed by atoms with Crippen molar-refractivity contribution in [2.45, 2.75) is 104 Å². The molecular formula is C18H36O3S.